The lowest BCUT2D eigenvalue weighted by Crippen LogP contribution is -2.14. The van der Waals surface area contributed by atoms with E-state index in [1.54, 1.807) is 22.7 Å². The van der Waals surface area contributed by atoms with Crippen molar-refractivity contribution in [2.75, 3.05) is 11.1 Å². The van der Waals surface area contributed by atoms with Crippen LogP contribution in [0.3, 0.4) is 0 Å². The smallest absolute Gasteiger partial charge is 0.259 e. The number of amides is 1. The maximum Gasteiger partial charge on any atom is 0.259 e. The molecule has 0 fully saturated rings. The van der Waals surface area contributed by atoms with Crippen LogP contribution in [-0.2, 0) is 0 Å². The van der Waals surface area contributed by atoms with Gasteiger partial charge in [-0.25, -0.2) is 0 Å². The predicted molar refractivity (Wildman–Crippen MR) is 113 cm³/mol. The summed E-state index contributed by atoms with van der Waals surface area (Å²) >= 11 is 1.35. The lowest BCUT2D eigenvalue weighted by molar-refractivity contribution is 0.102. The molecule has 0 bridgehead atoms. The Morgan fingerprint density at radius 3 is 2.46 bits per heavy atom. The Labute approximate surface area is 166 Å². The van der Waals surface area contributed by atoms with Gasteiger partial charge in [-0.3, -0.25) is 9.59 Å². The second kappa shape index (κ2) is 6.98. The highest BCUT2D eigenvalue weighted by Gasteiger charge is 2.26. The fraction of sp³-hybridized carbons (Fsp3) is 0.0909. The number of carbonyl (C=O) groups excluding carboxylic acids is 2. The molecule has 0 saturated heterocycles. The first kappa shape index (κ1) is 18.0. The molecule has 28 heavy (non-hydrogen) atoms. The molecule has 140 valence electrons. The number of anilines is 2. The maximum atomic E-state index is 13.1. The highest BCUT2D eigenvalue weighted by Crippen LogP contribution is 2.30. The summed E-state index contributed by atoms with van der Waals surface area (Å²) < 4.78 is 1.69. The molecule has 0 aliphatic rings. The molecule has 3 N–H and O–H groups in total. The number of nitrogens with zero attached hydrogens (tertiary/aromatic N) is 1. The van der Waals surface area contributed by atoms with Gasteiger partial charge in [0.1, 0.15) is 5.69 Å². The summed E-state index contributed by atoms with van der Waals surface area (Å²) in [5.74, 6) is -0.532. The summed E-state index contributed by atoms with van der Waals surface area (Å²) in [4.78, 5) is 26.7. The highest BCUT2D eigenvalue weighted by atomic mass is 32.1. The second-order valence-corrected chi connectivity index (χ2v) is 7.68. The van der Waals surface area contributed by atoms with Crippen LogP contribution in [-0.4, -0.2) is 16.1 Å². The topological polar surface area (TPSA) is 76.6 Å². The van der Waals surface area contributed by atoms with Crippen molar-refractivity contribution in [3.8, 4) is 0 Å². The lowest BCUT2D eigenvalue weighted by Gasteiger charge is -2.08. The number of ketones is 1. The van der Waals surface area contributed by atoms with Gasteiger partial charge in [-0.1, -0.05) is 18.2 Å². The van der Waals surface area contributed by atoms with Crippen LogP contribution in [0.2, 0.25) is 0 Å². The van der Waals surface area contributed by atoms with Gasteiger partial charge in [0, 0.05) is 11.9 Å². The SMILES string of the molecule is Cc1cc(C)cc(NC(=O)c2c(N)c(C(=O)c3cccs3)n3ccccc23)c1. The molecule has 0 aliphatic carbocycles. The number of carbonyl (C=O) groups is 2. The molecule has 1 amide bonds. The quantitative estimate of drug-likeness (QED) is 0.498. The van der Waals surface area contributed by atoms with E-state index in [0.29, 0.717) is 27.3 Å². The lowest BCUT2D eigenvalue weighted by atomic mass is 10.1. The number of thiophene rings is 1. The molecular formula is C22H19N3O2S. The summed E-state index contributed by atoms with van der Waals surface area (Å²) in [5.41, 5.74) is 10.5. The number of hydrogen-bond donors (Lipinski definition) is 2. The van der Waals surface area contributed by atoms with Gasteiger partial charge in [0.25, 0.3) is 5.91 Å². The average molecular weight is 389 g/mol. The molecule has 4 rings (SSSR count). The first-order valence-corrected chi connectivity index (χ1v) is 9.70. The molecule has 0 radical (unpaired) electrons. The van der Waals surface area contributed by atoms with Crippen molar-refractivity contribution in [1.82, 2.24) is 4.40 Å². The standard InChI is InChI=1S/C22H19N3O2S/c1-13-10-14(2)12-15(11-13)24-22(27)18-16-6-3-4-8-25(16)20(19(18)23)21(26)17-7-5-9-28-17/h3-12H,23H2,1-2H3,(H,24,27). The summed E-state index contributed by atoms with van der Waals surface area (Å²) in [5, 5.41) is 4.76. The van der Waals surface area contributed by atoms with Crippen molar-refractivity contribution in [2.24, 2.45) is 0 Å². The summed E-state index contributed by atoms with van der Waals surface area (Å²) in [6.07, 6.45) is 1.75. The molecule has 1 aromatic carbocycles. The molecule has 0 saturated carbocycles. The number of nitrogens with two attached hydrogens (primary N) is 1. The molecule has 0 unspecified atom stereocenters. The normalized spacial score (nSPS) is 10.9. The summed E-state index contributed by atoms with van der Waals surface area (Å²) in [7, 11) is 0. The Morgan fingerprint density at radius 2 is 1.79 bits per heavy atom. The number of rotatable bonds is 4. The van der Waals surface area contributed by atoms with Crippen LogP contribution in [0.25, 0.3) is 5.52 Å². The molecule has 0 aliphatic heterocycles. The Kier molecular flexibility index (Phi) is 4.49. The van der Waals surface area contributed by atoms with Crippen molar-refractivity contribution < 1.29 is 9.59 Å². The van der Waals surface area contributed by atoms with E-state index < -0.39 is 0 Å². The van der Waals surface area contributed by atoms with E-state index in [-0.39, 0.29) is 17.4 Å². The maximum absolute atomic E-state index is 13.1. The summed E-state index contributed by atoms with van der Waals surface area (Å²) in [6, 6.07) is 14.8. The van der Waals surface area contributed by atoms with Gasteiger partial charge in [0.15, 0.2) is 0 Å². The molecule has 0 spiro atoms. The zero-order valence-electron chi connectivity index (χ0n) is 15.5. The molecule has 6 heteroatoms. The first-order chi connectivity index (χ1) is 13.5. The molecule has 5 nitrogen and oxygen atoms in total. The van der Waals surface area contributed by atoms with Crippen molar-refractivity contribution in [1.29, 1.82) is 0 Å². The van der Waals surface area contributed by atoms with E-state index in [2.05, 4.69) is 5.32 Å². The van der Waals surface area contributed by atoms with Crippen LogP contribution < -0.4 is 11.1 Å². The van der Waals surface area contributed by atoms with Gasteiger partial charge in [0.05, 0.1) is 21.6 Å². The van der Waals surface area contributed by atoms with Gasteiger partial charge in [-0.2, -0.15) is 0 Å². The van der Waals surface area contributed by atoms with E-state index in [9.17, 15) is 9.59 Å². The fourth-order valence-electron chi connectivity index (χ4n) is 3.46. The van der Waals surface area contributed by atoms with Crippen molar-refractivity contribution in [3.05, 3.63) is 87.4 Å². The van der Waals surface area contributed by atoms with Crippen molar-refractivity contribution in [2.45, 2.75) is 13.8 Å². The Morgan fingerprint density at radius 1 is 1.04 bits per heavy atom. The monoisotopic (exact) mass is 389 g/mol. The molecule has 0 atom stereocenters. The zero-order valence-corrected chi connectivity index (χ0v) is 16.3. The number of aryl methyl sites for hydroxylation is 2. The fourth-order valence-corrected chi connectivity index (χ4v) is 4.13. The number of hydrogen-bond acceptors (Lipinski definition) is 4. The second-order valence-electron chi connectivity index (χ2n) is 6.73. The largest absolute Gasteiger partial charge is 0.396 e. The molecular weight excluding hydrogens is 370 g/mol. The number of benzene rings is 1. The third kappa shape index (κ3) is 3.08. The summed E-state index contributed by atoms with van der Waals surface area (Å²) in [6.45, 7) is 3.95. The number of nitrogen functional groups attached to an aromatic ring is 1. The predicted octanol–water partition coefficient (Wildman–Crippen LogP) is 4.68. The molecule has 4 aromatic rings. The average Bonchev–Trinajstić information content (AvgIpc) is 3.26. The van der Waals surface area contributed by atoms with Crippen LogP contribution >= 0.6 is 11.3 Å². The van der Waals surface area contributed by atoms with Gasteiger partial charge >= 0.3 is 0 Å². The minimum Gasteiger partial charge on any atom is -0.396 e. The van der Waals surface area contributed by atoms with Gasteiger partial charge < -0.3 is 15.5 Å². The minimum absolute atomic E-state index is 0.187. The zero-order chi connectivity index (χ0) is 19.8. The van der Waals surface area contributed by atoms with Crippen LogP contribution in [0.15, 0.2) is 60.1 Å². The van der Waals surface area contributed by atoms with Crippen molar-refractivity contribution >= 4 is 39.9 Å². The Bertz CT molecular complexity index is 1190. The van der Waals surface area contributed by atoms with E-state index in [0.717, 1.165) is 11.1 Å². The highest BCUT2D eigenvalue weighted by molar-refractivity contribution is 7.12. The van der Waals surface area contributed by atoms with E-state index in [4.69, 9.17) is 5.73 Å². The molecule has 3 heterocycles. The third-order valence-corrected chi connectivity index (χ3v) is 5.42. The molecule has 3 aromatic heterocycles. The number of aromatic nitrogens is 1. The van der Waals surface area contributed by atoms with Crippen LogP contribution in [0.4, 0.5) is 11.4 Å². The number of pyridine rings is 1. The first-order valence-electron chi connectivity index (χ1n) is 8.82. The Hall–Kier alpha value is -3.38. The van der Waals surface area contributed by atoms with Crippen LogP contribution in [0.5, 0.6) is 0 Å². The van der Waals surface area contributed by atoms with Crippen LogP contribution in [0.1, 0.15) is 36.9 Å². The minimum atomic E-state index is -0.337. The van der Waals surface area contributed by atoms with E-state index in [1.165, 1.54) is 11.3 Å². The van der Waals surface area contributed by atoms with Crippen LogP contribution in [0, 0.1) is 13.8 Å². The van der Waals surface area contributed by atoms with Gasteiger partial charge in [-0.05, 0) is 60.7 Å². The number of nitrogens with one attached hydrogen (secondary N) is 1. The van der Waals surface area contributed by atoms with Gasteiger partial charge in [0.2, 0.25) is 5.78 Å². The van der Waals surface area contributed by atoms with E-state index in [1.807, 2.05) is 55.6 Å². The third-order valence-electron chi connectivity index (χ3n) is 4.55. The Balaban J connectivity index is 1.82. The number of fused-ring (bicyclic) bond motifs is 1. The van der Waals surface area contributed by atoms with E-state index >= 15 is 0 Å². The van der Waals surface area contributed by atoms with Gasteiger partial charge in [-0.15, -0.1) is 11.3 Å². The van der Waals surface area contributed by atoms with Crippen molar-refractivity contribution in [3.63, 3.8) is 0 Å².